The summed E-state index contributed by atoms with van der Waals surface area (Å²) in [5.41, 5.74) is 7.42. The number of aryl methyl sites for hydroxylation is 1. The molecule has 0 bridgehead atoms. The molecule has 0 spiro atoms. The summed E-state index contributed by atoms with van der Waals surface area (Å²) in [4.78, 5) is 12.0. The maximum absolute atomic E-state index is 12.0. The molecule has 1 unspecified atom stereocenters. The van der Waals surface area contributed by atoms with Gasteiger partial charge < -0.3 is 11.1 Å². The van der Waals surface area contributed by atoms with E-state index in [9.17, 15) is 13.2 Å². The van der Waals surface area contributed by atoms with Gasteiger partial charge in [-0.1, -0.05) is 13.0 Å². The highest BCUT2D eigenvalue weighted by Crippen LogP contribution is 2.12. The van der Waals surface area contributed by atoms with E-state index in [0.717, 1.165) is 5.56 Å². The van der Waals surface area contributed by atoms with Crippen LogP contribution >= 0.6 is 12.4 Å². The second-order valence-corrected chi connectivity index (χ2v) is 7.05. The maximum atomic E-state index is 12.0. The van der Waals surface area contributed by atoms with Gasteiger partial charge in [-0.2, -0.15) is 0 Å². The number of amides is 1. The van der Waals surface area contributed by atoms with E-state index >= 15 is 0 Å². The van der Waals surface area contributed by atoms with E-state index in [2.05, 4.69) is 5.32 Å². The third kappa shape index (κ3) is 5.38. The van der Waals surface area contributed by atoms with Crippen LogP contribution < -0.4 is 11.1 Å². The van der Waals surface area contributed by atoms with Crippen molar-refractivity contribution in [2.45, 2.75) is 26.8 Å². The number of nitrogen functional groups attached to an aromatic ring is 1. The lowest BCUT2D eigenvalue weighted by Crippen LogP contribution is -2.38. The third-order valence-corrected chi connectivity index (χ3v) is 4.72. The molecule has 0 aromatic heterocycles. The Hall–Kier alpha value is -1.27. The molecule has 20 heavy (non-hydrogen) atoms. The van der Waals surface area contributed by atoms with Crippen LogP contribution in [0.5, 0.6) is 0 Å². The lowest BCUT2D eigenvalue weighted by atomic mass is 10.1. The number of sulfone groups is 1. The molecule has 1 atom stereocenters. The summed E-state index contributed by atoms with van der Waals surface area (Å²) in [6.07, 6.45) is 0. The number of nitrogens with two attached hydrogens (primary N) is 1. The first kappa shape index (κ1) is 18.7. The molecule has 3 N–H and O–H groups in total. The Bertz CT molecular complexity index is 573. The molecule has 1 aromatic carbocycles. The zero-order valence-electron chi connectivity index (χ0n) is 11.8. The molecule has 0 fully saturated rings. The topological polar surface area (TPSA) is 89.3 Å². The number of halogens is 1. The number of carbonyl (C=O) groups is 1. The highest BCUT2D eigenvalue weighted by molar-refractivity contribution is 7.91. The summed E-state index contributed by atoms with van der Waals surface area (Å²) in [6.45, 7) is 5.07. The van der Waals surface area contributed by atoms with E-state index in [1.54, 1.807) is 32.0 Å². The highest BCUT2D eigenvalue weighted by Gasteiger charge is 2.17. The molecule has 1 rings (SSSR count). The number of carbonyl (C=O) groups excluding carboxylic acids is 1. The summed E-state index contributed by atoms with van der Waals surface area (Å²) in [6, 6.07) is 4.64. The molecule has 0 saturated heterocycles. The van der Waals surface area contributed by atoms with Crippen molar-refractivity contribution < 1.29 is 13.2 Å². The Kier molecular flexibility index (Phi) is 7.02. The Labute approximate surface area is 126 Å². The Morgan fingerprint density at radius 3 is 2.55 bits per heavy atom. The first-order valence-corrected chi connectivity index (χ1v) is 7.94. The molecule has 0 saturated carbocycles. The van der Waals surface area contributed by atoms with Gasteiger partial charge in [0, 0.05) is 23.0 Å². The molecule has 0 radical (unpaired) electrons. The summed E-state index contributed by atoms with van der Waals surface area (Å²) in [7, 11) is -3.10. The zero-order valence-corrected chi connectivity index (χ0v) is 13.5. The number of nitrogens with one attached hydrogen (secondary N) is 1. The molecule has 1 aromatic rings. The maximum Gasteiger partial charge on any atom is 0.251 e. The molecule has 114 valence electrons. The molecule has 0 aliphatic rings. The van der Waals surface area contributed by atoms with Gasteiger partial charge in [0.15, 0.2) is 9.84 Å². The quantitative estimate of drug-likeness (QED) is 0.806. The second kappa shape index (κ2) is 7.50. The molecule has 0 aliphatic carbocycles. The van der Waals surface area contributed by atoms with E-state index in [0.29, 0.717) is 11.3 Å². The van der Waals surface area contributed by atoms with Gasteiger partial charge in [-0.3, -0.25) is 4.79 Å². The van der Waals surface area contributed by atoms with Gasteiger partial charge in [0.2, 0.25) is 0 Å². The Morgan fingerprint density at radius 2 is 2.00 bits per heavy atom. The van der Waals surface area contributed by atoms with Crippen LogP contribution in [-0.2, 0) is 9.84 Å². The lowest BCUT2D eigenvalue weighted by Gasteiger charge is -2.15. The van der Waals surface area contributed by atoms with Gasteiger partial charge in [-0.05, 0) is 31.5 Å². The normalized spacial score (nSPS) is 12.3. The van der Waals surface area contributed by atoms with Crippen LogP contribution in [0.2, 0.25) is 0 Å². The van der Waals surface area contributed by atoms with E-state index in [1.165, 1.54) is 0 Å². The summed E-state index contributed by atoms with van der Waals surface area (Å²) in [5, 5.41) is 2.68. The lowest BCUT2D eigenvalue weighted by molar-refractivity contribution is 0.0943. The van der Waals surface area contributed by atoms with Crippen LogP contribution in [0.25, 0.3) is 0 Å². The van der Waals surface area contributed by atoms with Crippen molar-refractivity contribution in [2.24, 2.45) is 0 Å². The molecular weight excluding hydrogens is 300 g/mol. The van der Waals surface area contributed by atoms with Crippen LogP contribution in [0.4, 0.5) is 5.69 Å². The SMILES string of the molecule is CCS(=O)(=O)CC(C)NC(=O)c1cc(N)ccc1C.Cl. The predicted molar refractivity (Wildman–Crippen MR) is 84.1 cm³/mol. The molecule has 5 nitrogen and oxygen atoms in total. The number of hydrogen-bond donors (Lipinski definition) is 2. The molecule has 7 heteroatoms. The van der Waals surface area contributed by atoms with E-state index in [1.807, 2.05) is 6.92 Å². The van der Waals surface area contributed by atoms with Gasteiger partial charge in [0.25, 0.3) is 5.91 Å². The van der Waals surface area contributed by atoms with E-state index < -0.39 is 15.9 Å². The number of benzene rings is 1. The third-order valence-electron chi connectivity index (χ3n) is 2.83. The van der Waals surface area contributed by atoms with Crippen molar-refractivity contribution in [1.29, 1.82) is 0 Å². The smallest absolute Gasteiger partial charge is 0.251 e. The van der Waals surface area contributed by atoms with Crippen molar-refractivity contribution in [3.63, 3.8) is 0 Å². The highest BCUT2D eigenvalue weighted by atomic mass is 35.5. The fourth-order valence-electron chi connectivity index (χ4n) is 1.73. The van der Waals surface area contributed by atoms with E-state index in [4.69, 9.17) is 5.73 Å². The second-order valence-electron chi connectivity index (χ2n) is 4.65. The standard InChI is InChI=1S/C13H20N2O3S.ClH/c1-4-19(17,18)8-10(3)15-13(16)12-7-11(14)6-5-9(12)2;/h5-7,10H,4,8,14H2,1-3H3,(H,15,16);1H. The van der Waals surface area contributed by atoms with Crippen molar-refractivity contribution in [3.8, 4) is 0 Å². The van der Waals surface area contributed by atoms with Gasteiger partial charge in [-0.15, -0.1) is 12.4 Å². The van der Waals surface area contributed by atoms with Gasteiger partial charge in [-0.25, -0.2) is 8.42 Å². The van der Waals surface area contributed by atoms with Crippen molar-refractivity contribution in [3.05, 3.63) is 29.3 Å². The zero-order chi connectivity index (χ0) is 14.6. The minimum absolute atomic E-state index is 0. The van der Waals surface area contributed by atoms with Crippen molar-refractivity contribution >= 4 is 33.8 Å². The Morgan fingerprint density at radius 1 is 1.40 bits per heavy atom. The Balaban J connectivity index is 0.00000361. The summed E-state index contributed by atoms with van der Waals surface area (Å²) >= 11 is 0. The first-order chi connectivity index (χ1) is 8.75. The summed E-state index contributed by atoms with van der Waals surface area (Å²) < 4.78 is 23.0. The molecule has 0 heterocycles. The fraction of sp³-hybridized carbons (Fsp3) is 0.462. The van der Waals surface area contributed by atoms with Gasteiger partial charge in [0.1, 0.15) is 0 Å². The fourth-order valence-corrected chi connectivity index (χ4v) is 2.81. The van der Waals surface area contributed by atoms with Crippen LogP contribution in [0.3, 0.4) is 0 Å². The summed E-state index contributed by atoms with van der Waals surface area (Å²) in [5.74, 6) is -0.287. The monoisotopic (exact) mass is 320 g/mol. The van der Waals surface area contributed by atoms with Gasteiger partial charge in [0.05, 0.1) is 5.75 Å². The van der Waals surface area contributed by atoms with Crippen LogP contribution in [0.15, 0.2) is 18.2 Å². The minimum atomic E-state index is -3.10. The number of hydrogen-bond acceptors (Lipinski definition) is 4. The van der Waals surface area contributed by atoms with Crippen LogP contribution in [0, 0.1) is 6.92 Å². The van der Waals surface area contributed by atoms with Crippen LogP contribution in [0.1, 0.15) is 29.8 Å². The van der Waals surface area contributed by atoms with Crippen LogP contribution in [-0.4, -0.2) is 31.9 Å². The molecular formula is C13H21ClN2O3S. The van der Waals surface area contributed by atoms with E-state index in [-0.39, 0.29) is 29.8 Å². The molecule has 1 amide bonds. The average molecular weight is 321 g/mol. The number of rotatable bonds is 5. The van der Waals surface area contributed by atoms with Crippen molar-refractivity contribution in [1.82, 2.24) is 5.32 Å². The number of anilines is 1. The molecule has 0 aliphatic heterocycles. The average Bonchev–Trinajstić information content (AvgIpc) is 2.31. The van der Waals surface area contributed by atoms with Gasteiger partial charge >= 0.3 is 0 Å². The largest absolute Gasteiger partial charge is 0.399 e. The minimum Gasteiger partial charge on any atom is -0.399 e. The predicted octanol–water partition coefficient (Wildman–Crippen LogP) is 1.55. The van der Waals surface area contributed by atoms with Crippen molar-refractivity contribution in [2.75, 3.05) is 17.2 Å². The first-order valence-electron chi connectivity index (χ1n) is 6.12.